The van der Waals surface area contributed by atoms with E-state index in [2.05, 4.69) is 10.7 Å². The van der Waals surface area contributed by atoms with E-state index < -0.39 is 18.0 Å². The van der Waals surface area contributed by atoms with Gasteiger partial charge in [0.25, 0.3) is 5.91 Å². The second-order valence-electron chi connectivity index (χ2n) is 7.67. The molecule has 0 saturated carbocycles. The molecule has 8 heteroatoms. The smallest absolute Gasteiger partial charge is 0.257 e. The second-order valence-corrected chi connectivity index (χ2v) is 7.67. The molecule has 3 aromatic rings. The highest BCUT2D eigenvalue weighted by Gasteiger charge is 2.56. The summed E-state index contributed by atoms with van der Waals surface area (Å²) in [4.78, 5) is 41.1. The van der Waals surface area contributed by atoms with Gasteiger partial charge in [-0.2, -0.15) is 0 Å². The topological polar surface area (TPSA) is 94.9 Å². The zero-order chi connectivity index (χ0) is 21.0. The van der Waals surface area contributed by atoms with Gasteiger partial charge < -0.3 is 9.73 Å². The maximum atomic E-state index is 13.4. The first kappa shape index (κ1) is 18.5. The first-order valence-electron chi connectivity index (χ1n) is 9.66. The second kappa shape index (κ2) is 6.79. The fourth-order valence-electron chi connectivity index (χ4n) is 4.30. The molecule has 0 aliphatic carbocycles. The van der Waals surface area contributed by atoms with Gasteiger partial charge in [-0.1, -0.05) is 30.3 Å². The van der Waals surface area contributed by atoms with Crippen molar-refractivity contribution < 1.29 is 14.0 Å². The van der Waals surface area contributed by atoms with Gasteiger partial charge >= 0.3 is 0 Å². The molecule has 3 unspecified atom stereocenters. The van der Waals surface area contributed by atoms with E-state index in [0.29, 0.717) is 22.2 Å². The first-order valence-corrected chi connectivity index (χ1v) is 9.66. The maximum absolute atomic E-state index is 13.4. The lowest BCUT2D eigenvalue weighted by molar-refractivity contribution is -0.122. The van der Waals surface area contributed by atoms with Gasteiger partial charge in [-0.25, -0.2) is 15.3 Å². The van der Waals surface area contributed by atoms with Crippen LogP contribution in [0.2, 0.25) is 0 Å². The molecule has 30 heavy (non-hydrogen) atoms. The molecule has 3 heterocycles. The lowest BCUT2D eigenvalue weighted by Crippen LogP contribution is -2.50. The molecule has 152 valence electrons. The van der Waals surface area contributed by atoms with E-state index in [0.717, 1.165) is 0 Å². The lowest BCUT2D eigenvalue weighted by Gasteiger charge is -2.34. The fourth-order valence-corrected chi connectivity index (χ4v) is 4.30. The monoisotopic (exact) mass is 404 g/mol. The molecule has 5 rings (SSSR count). The molecule has 2 amide bonds. The molecule has 2 aliphatic heterocycles. The summed E-state index contributed by atoms with van der Waals surface area (Å²) in [6, 6.07) is 14.2. The van der Waals surface area contributed by atoms with Crippen molar-refractivity contribution in [3.05, 3.63) is 70.4 Å². The Morgan fingerprint density at radius 1 is 0.967 bits per heavy atom. The summed E-state index contributed by atoms with van der Waals surface area (Å²) in [7, 11) is 3.55. The Morgan fingerprint density at radius 2 is 1.67 bits per heavy atom. The van der Waals surface area contributed by atoms with Crippen molar-refractivity contribution in [1.29, 1.82) is 0 Å². The molecule has 1 aromatic heterocycles. The van der Waals surface area contributed by atoms with Gasteiger partial charge in [0.1, 0.15) is 11.6 Å². The summed E-state index contributed by atoms with van der Waals surface area (Å²) in [5.41, 5.74) is 4.19. The van der Waals surface area contributed by atoms with Crippen molar-refractivity contribution in [3.8, 4) is 0 Å². The van der Waals surface area contributed by atoms with E-state index in [4.69, 9.17) is 4.42 Å². The molecule has 2 N–H and O–H groups in total. The van der Waals surface area contributed by atoms with Crippen molar-refractivity contribution in [3.63, 3.8) is 0 Å². The number of imide groups is 1. The summed E-state index contributed by atoms with van der Waals surface area (Å²) >= 11 is 0. The molecule has 0 radical (unpaired) electrons. The number of fused-ring (bicyclic) bond motifs is 3. The Kier molecular flexibility index (Phi) is 4.19. The molecule has 2 aromatic carbocycles. The number of anilines is 2. The van der Waals surface area contributed by atoms with E-state index in [1.165, 1.54) is 4.90 Å². The van der Waals surface area contributed by atoms with E-state index in [9.17, 15) is 14.4 Å². The number of carbonyl (C=O) groups is 2. The zero-order valence-electron chi connectivity index (χ0n) is 16.5. The number of benzene rings is 2. The fraction of sp³-hybridized carbons (Fsp3) is 0.227. The molecule has 1 fully saturated rings. The van der Waals surface area contributed by atoms with Gasteiger partial charge in [-0.15, -0.1) is 0 Å². The normalized spacial score (nSPS) is 22.9. The Bertz CT molecular complexity index is 1220. The predicted octanol–water partition coefficient (Wildman–Crippen LogP) is 1.88. The van der Waals surface area contributed by atoms with Crippen LogP contribution in [0, 0.1) is 5.92 Å². The van der Waals surface area contributed by atoms with Crippen LogP contribution in [0.3, 0.4) is 0 Å². The number of para-hydroxylation sites is 2. The summed E-state index contributed by atoms with van der Waals surface area (Å²) in [6.07, 6.45) is 0. The van der Waals surface area contributed by atoms with Gasteiger partial charge in [0.05, 0.1) is 28.6 Å². The molecule has 0 bridgehead atoms. The van der Waals surface area contributed by atoms with Crippen molar-refractivity contribution >= 4 is 34.4 Å². The summed E-state index contributed by atoms with van der Waals surface area (Å²) in [5.74, 6) is -1.31. The van der Waals surface area contributed by atoms with Crippen LogP contribution in [0.25, 0.3) is 11.0 Å². The number of hydrogen-bond acceptors (Lipinski definition) is 7. The van der Waals surface area contributed by atoms with Crippen molar-refractivity contribution in [2.75, 3.05) is 24.3 Å². The molecule has 0 spiro atoms. The highest BCUT2D eigenvalue weighted by molar-refractivity contribution is 6.25. The van der Waals surface area contributed by atoms with Crippen molar-refractivity contribution in [1.82, 2.24) is 10.4 Å². The van der Waals surface area contributed by atoms with Crippen LogP contribution in [-0.4, -0.2) is 37.0 Å². The number of nitrogens with zero attached hydrogens (tertiary/aromatic N) is 2. The Balaban J connectivity index is 1.69. The average molecular weight is 404 g/mol. The van der Waals surface area contributed by atoms with Crippen LogP contribution < -0.4 is 21.1 Å². The predicted molar refractivity (Wildman–Crippen MR) is 112 cm³/mol. The van der Waals surface area contributed by atoms with Gasteiger partial charge in [-0.05, 0) is 24.3 Å². The average Bonchev–Trinajstić information content (AvgIpc) is 2.98. The first-order chi connectivity index (χ1) is 14.5. The minimum absolute atomic E-state index is 0.218. The molecular formula is C22H20N4O4. The van der Waals surface area contributed by atoms with E-state index in [1.54, 1.807) is 67.6 Å². The van der Waals surface area contributed by atoms with Crippen LogP contribution in [0.1, 0.15) is 11.6 Å². The quantitative estimate of drug-likeness (QED) is 0.508. The Labute approximate surface area is 172 Å². The van der Waals surface area contributed by atoms with Crippen molar-refractivity contribution in [2.45, 2.75) is 12.1 Å². The Hall–Kier alpha value is -3.49. The van der Waals surface area contributed by atoms with Crippen molar-refractivity contribution in [2.24, 2.45) is 5.92 Å². The SMILES string of the molecule is CN(C)NC1c2c(oc3ccccc3c2=O)NC2C(=O)N(c3ccccc3)C(=O)C21. The third-order valence-electron chi connectivity index (χ3n) is 5.55. The minimum atomic E-state index is -0.841. The molecule has 2 aliphatic rings. The third-order valence-corrected chi connectivity index (χ3v) is 5.55. The molecular weight excluding hydrogens is 384 g/mol. The lowest BCUT2D eigenvalue weighted by atomic mass is 9.85. The van der Waals surface area contributed by atoms with Crippen LogP contribution in [0.4, 0.5) is 11.6 Å². The number of nitrogens with one attached hydrogen (secondary N) is 2. The Morgan fingerprint density at radius 3 is 2.40 bits per heavy atom. The number of amides is 2. The van der Waals surface area contributed by atoms with Gasteiger partial charge in [0.15, 0.2) is 5.43 Å². The van der Waals surface area contributed by atoms with Crippen LogP contribution >= 0.6 is 0 Å². The van der Waals surface area contributed by atoms with Crippen LogP contribution in [0.5, 0.6) is 0 Å². The standard InChI is InChI=1S/C22H20N4O4/c1-25(2)24-17-15-18(22(29)26(21(15)28)12-8-4-3-5-9-12)23-20-16(17)19(27)13-10-6-7-11-14(13)30-20/h3-11,15,17-18,23-24H,1-2H3. The van der Waals surface area contributed by atoms with Gasteiger partial charge in [0.2, 0.25) is 11.8 Å². The maximum Gasteiger partial charge on any atom is 0.257 e. The summed E-state index contributed by atoms with van der Waals surface area (Å²) in [6.45, 7) is 0. The largest absolute Gasteiger partial charge is 0.440 e. The third kappa shape index (κ3) is 2.65. The minimum Gasteiger partial charge on any atom is -0.440 e. The van der Waals surface area contributed by atoms with E-state index >= 15 is 0 Å². The van der Waals surface area contributed by atoms with Gasteiger partial charge in [-0.3, -0.25) is 14.4 Å². The molecule has 1 saturated heterocycles. The van der Waals surface area contributed by atoms with Gasteiger partial charge in [0, 0.05) is 14.1 Å². The number of hydrogen-bond donors (Lipinski definition) is 2. The number of rotatable bonds is 3. The molecule has 3 atom stereocenters. The van der Waals surface area contributed by atoms with E-state index in [1.807, 2.05) is 6.07 Å². The van der Waals surface area contributed by atoms with Crippen LogP contribution in [-0.2, 0) is 9.59 Å². The molecule has 8 nitrogen and oxygen atoms in total. The highest BCUT2D eigenvalue weighted by Crippen LogP contribution is 2.42. The van der Waals surface area contributed by atoms with Crippen LogP contribution in [0.15, 0.2) is 63.8 Å². The summed E-state index contributed by atoms with van der Waals surface area (Å²) in [5, 5.41) is 5.14. The van der Waals surface area contributed by atoms with E-state index in [-0.39, 0.29) is 23.1 Å². The summed E-state index contributed by atoms with van der Waals surface area (Å²) < 4.78 is 5.96. The zero-order valence-corrected chi connectivity index (χ0v) is 16.5. The number of hydrazine groups is 1. The highest BCUT2D eigenvalue weighted by atomic mass is 16.3. The number of carbonyl (C=O) groups excluding carboxylic acids is 2.